The molecular formula is C23H20N2OS. The van der Waals surface area contributed by atoms with Gasteiger partial charge in [0.15, 0.2) is 0 Å². The van der Waals surface area contributed by atoms with Crippen molar-refractivity contribution in [3.05, 3.63) is 66.0 Å². The molecule has 3 nitrogen and oxygen atoms in total. The highest BCUT2D eigenvalue weighted by Crippen LogP contribution is 2.40. The van der Waals surface area contributed by atoms with E-state index in [4.69, 9.17) is 17.0 Å². The number of benzene rings is 2. The number of methoxy groups -OCH3 is 1. The molecule has 0 bridgehead atoms. The van der Waals surface area contributed by atoms with Gasteiger partial charge in [0.25, 0.3) is 0 Å². The second-order valence-corrected chi connectivity index (χ2v) is 7.60. The Morgan fingerprint density at radius 3 is 2.48 bits per heavy atom. The molecule has 0 fully saturated rings. The van der Waals surface area contributed by atoms with Gasteiger partial charge in [0.05, 0.1) is 12.1 Å². The molecule has 0 N–H and O–H groups in total. The predicted octanol–water partition coefficient (Wildman–Crippen LogP) is 5.06. The van der Waals surface area contributed by atoms with Gasteiger partial charge in [-0.15, -0.1) is 0 Å². The maximum absolute atomic E-state index is 5.56. The maximum atomic E-state index is 5.56. The van der Waals surface area contributed by atoms with E-state index in [0.29, 0.717) is 0 Å². The highest BCUT2D eigenvalue weighted by atomic mass is 32.1. The van der Waals surface area contributed by atoms with E-state index in [1.54, 1.807) is 7.11 Å². The van der Waals surface area contributed by atoms with Crippen LogP contribution in [0.3, 0.4) is 0 Å². The van der Waals surface area contributed by atoms with Crippen molar-refractivity contribution in [3.63, 3.8) is 0 Å². The molecule has 0 atom stereocenters. The Morgan fingerprint density at radius 1 is 0.889 bits per heavy atom. The van der Waals surface area contributed by atoms with Gasteiger partial charge in [-0.25, -0.2) is 0 Å². The van der Waals surface area contributed by atoms with Crippen LogP contribution >= 0.6 is 12.2 Å². The summed E-state index contributed by atoms with van der Waals surface area (Å²) in [5.41, 5.74) is 8.81. The van der Waals surface area contributed by atoms with Crippen LogP contribution in [0.2, 0.25) is 0 Å². The summed E-state index contributed by atoms with van der Waals surface area (Å²) in [6, 6.07) is 15.0. The van der Waals surface area contributed by atoms with E-state index in [-0.39, 0.29) is 0 Å². The zero-order chi connectivity index (χ0) is 18.4. The van der Waals surface area contributed by atoms with E-state index in [0.717, 1.165) is 53.2 Å². The standard InChI is InChI=1S/C23H20N2OS/c1-26-21-4-2-3-15(12-21)19-11-20(14-24-13-19)18-9-16-5-6-22(27)25-8-7-17(10-18)23(16)25/h2-4,9-14H,5-8H2,1H3. The molecule has 27 heavy (non-hydrogen) atoms. The molecule has 4 heteroatoms. The van der Waals surface area contributed by atoms with Gasteiger partial charge >= 0.3 is 0 Å². The number of anilines is 1. The van der Waals surface area contributed by atoms with E-state index in [2.05, 4.69) is 34.1 Å². The molecule has 0 unspecified atom stereocenters. The summed E-state index contributed by atoms with van der Waals surface area (Å²) in [5.74, 6) is 0.857. The van der Waals surface area contributed by atoms with Crippen LogP contribution in [-0.2, 0) is 12.8 Å². The Labute approximate surface area is 164 Å². The summed E-state index contributed by atoms with van der Waals surface area (Å²) in [6.45, 7) is 1.02. The van der Waals surface area contributed by atoms with Crippen LogP contribution in [0.25, 0.3) is 22.3 Å². The van der Waals surface area contributed by atoms with Gasteiger partial charge < -0.3 is 9.64 Å². The highest BCUT2D eigenvalue weighted by Gasteiger charge is 2.29. The highest BCUT2D eigenvalue weighted by molar-refractivity contribution is 7.80. The summed E-state index contributed by atoms with van der Waals surface area (Å²) in [4.78, 5) is 7.94. The molecule has 0 spiro atoms. The van der Waals surface area contributed by atoms with Crippen LogP contribution in [0.5, 0.6) is 5.75 Å². The fourth-order valence-electron chi connectivity index (χ4n) is 4.18. The minimum Gasteiger partial charge on any atom is -0.497 e. The van der Waals surface area contributed by atoms with E-state index < -0.39 is 0 Å². The van der Waals surface area contributed by atoms with E-state index in [1.807, 2.05) is 30.6 Å². The largest absolute Gasteiger partial charge is 0.497 e. The quantitative estimate of drug-likeness (QED) is 0.600. The summed E-state index contributed by atoms with van der Waals surface area (Å²) in [7, 11) is 1.69. The lowest BCUT2D eigenvalue weighted by atomic mass is 9.93. The minimum atomic E-state index is 0.857. The fraction of sp³-hybridized carbons (Fsp3) is 0.217. The van der Waals surface area contributed by atoms with Crippen LogP contribution < -0.4 is 9.64 Å². The molecule has 2 aliphatic heterocycles. The third-order valence-corrected chi connectivity index (χ3v) is 5.95. The number of aromatic nitrogens is 1. The topological polar surface area (TPSA) is 25.4 Å². The number of thiocarbonyl (C=S) groups is 1. The van der Waals surface area contributed by atoms with E-state index in [1.165, 1.54) is 22.4 Å². The second kappa shape index (κ2) is 6.46. The van der Waals surface area contributed by atoms with Crippen molar-refractivity contribution in [2.24, 2.45) is 0 Å². The number of nitrogens with zero attached hydrogens (tertiary/aromatic N) is 2. The molecule has 3 aromatic rings. The SMILES string of the molecule is COc1cccc(-c2cncc(-c3cc4c5c(c3)CCN5C(=S)CC4)c2)c1. The molecule has 2 aliphatic rings. The number of hydrogen-bond acceptors (Lipinski definition) is 3. The predicted molar refractivity (Wildman–Crippen MR) is 114 cm³/mol. The summed E-state index contributed by atoms with van der Waals surface area (Å²) < 4.78 is 5.36. The van der Waals surface area contributed by atoms with Gasteiger partial charge in [-0.2, -0.15) is 0 Å². The third kappa shape index (κ3) is 2.81. The average Bonchev–Trinajstić information content (AvgIpc) is 3.16. The molecule has 3 heterocycles. The molecule has 0 saturated carbocycles. The van der Waals surface area contributed by atoms with Gasteiger partial charge in [-0.1, -0.05) is 24.4 Å². The van der Waals surface area contributed by atoms with Crippen LogP contribution in [-0.4, -0.2) is 23.6 Å². The lowest BCUT2D eigenvalue weighted by molar-refractivity contribution is 0.415. The Hall–Kier alpha value is -2.72. The van der Waals surface area contributed by atoms with E-state index in [9.17, 15) is 0 Å². The van der Waals surface area contributed by atoms with Crippen molar-refractivity contribution in [1.29, 1.82) is 0 Å². The molecule has 0 aliphatic carbocycles. The Bertz CT molecular complexity index is 1060. The first-order chi connectivity index (χ1) is 13.2. The molecule has 0 amide bonds. The van der Waals surface area contributed by atoms with Crippen LogP contribution in [0.15, 0.2) is 54.9 Å². The van der Waals surface area contributed by atoms with Crippen molar-refractivity contribution >= 4 is 22.9 Å². The van der Waals surface area contributed by atoms with Gasteiger partial charge in [-0.3, -0.25) is 4.98 Å². The maximum Gasteiger partial charge on any atom is 0.119 e. The summed E-state index contributed by atoms with van der Waals surface area (Å²) >= 11 is 5.56. The average molecular weight is 372 g/mol. The Kier molecular flexibility index (Phi) is 3.94. The number of rotatable bonds is 3. The Balaban J connectivity index is 1.57. The first kappa shape index (κ1) is 16.5. The monoisotopic (exact) mass is 372 g/mol. The number of hydrogen-bond donors (Lipinski definition) is 0. The second-order valence-electron chi connectivity index (χ2n) is 7.13. The van der Waals surface area contributed by atoms with Gasteiger partial charge in [-0.05, 0) is 65.4 Å². The van der Waals surface area contributed by atoms with Gasteiger partial charge in [0.2, 0.25) is 0 Å². The first-order valence-corrected chi connectivity index (χ1v) is 9.70. The van der Waals surface area contributed by atoms with Crippen molar-refractivity contribution in [3.8, 4) is 28.0 Å². The van der Waals surface area contributed by atoms with Crippen molar-refractivity contribution in [2.45, 2.75) is 19.3 Å². The van der Waals surface area contributed by atoms with Crippen molar-refractivity contribution in [1.82, 2.24) is 4.98 Å². The zero-order valence-corrected chi connectivity index (χ0v) is 16.1. The molecule has 1 aromatic heterocycles. The smallest absolute Gasteiger partial charge is 0.119 e. The van der Waals surface area contributed by atoms with Crippen LogP contribution in [0.4, 0.5) is 5.69 Å². The lowest BCUT2D eigenvalue weighted by Crippen LogP contribution is -2.31. The molecule has 5 rings (SSSR count). The molecule has 0 radical (unpaired) electrons. The fourth-order valence-corrected chi connectivity index (χ4v) is 4.47. The number of aryl methyl sites for hydroxylation is 1. The number of ether oxygens (including phenoxy) is 1. The van der Waals surface area contributed by atoms with Gasteiger partial charge in [0.1, 0.15) is 5.75 Å². The molecule has 2 aromatic carbocycles. The summed E-state index contributed by atoms with van der Waals surface area (Å²) in [6.07, 6.45) is 6.95. The van der Waals surface area contributed by atoms with Crippen LogP contribution in [0.1, 0.15) is 17.5 Å². The Morgan fingerprint density at radius 2 is 1.67 bits per heavy atom. The number of pyridine rings is 1. The third-order valence-electron chi connectivity index (χ3n) is 5.53. The first-order valence-electron chi connectivity index (χ1n) is 9.29. The van der Waals surface area contributed by atoms with Crippen molar-refractivity contribution in [2.75, 3.05) is 18.6 Å². The molecule has 134 valence electrons. The molecular weight excluding hydrogens is 352 g/mol. The zero-order valence-electron chi connectivity index (χ0n) is 15.2. The van der Waals surface area contributed by atoms with E-state index >= 15 is 0 Å². The van der Waals surface area contributed by atoms with Gasteiger partial charge in [0, 0.05) is 42.2 Å². The van der Waals surface area contributed by atoms with Crippen LogP contribution in [0, 0.1) is 0 Å². The molecule has 0 saturated heterocycles. The minimum absolute atomic E-state index is 0.857. The lowest BCUT2D eigenvalue weighted by Gasteiger charge is -2.28. The summed E-state index contributed by atoms with van der Waals surface area (Å²) in [5, 5.41) is 0. The normalized spacial score (nSPS) is 15.0. The van der Waals surface area contributed by atoms with Crippen molar-refractivity contribution < 1.29 is 4.74 Å².